The molecule has 0 fully saturated rings. The Kier molecular flexibility index (Phi) is 4.31. The lowest BCUT2D eigenvalue weighted by Crippen LogP contribution is -2.39. The van der Waals surface area contributed by atoms with Crippen LogP contribution in [0.5, 0.6) is 0 Å². The highest BCUT2D eigenvalue weighted by Gasteiger charge is 2.29. The van der Waals surface area contributed by atoms with Crippen LogP contribution in [0.3, 0.4) is 0 Å². The van der Waals surface area contributed by atoms with Crippen molar-refractivity contribution in [3.05, 3.63) is 24.0 Å². The summed E-state index contributed by atoms with van der Waals surface area (Å²) < 4.78 is 0. The summed E-state index contributed by atoms with van der Waals surface area (Å²) in [6.45, 7) is 3.78. The lowest BCUT2D eigenvalue weighted by molar-refractivity contribution is -0.144. The zero-order valence-corrected chi connectivity index (χ0v) is 10.1. The molecule has 0 aliphatic carbocycles. The van der Waals surface area contributed by atoms with Crippen LogP contribution in [0.1, 0.15) is 25.8 Å². The minimum atomic E-state index is -0.962. The molecule has 0 saturated carbocycles. The second-order valence-corrected chi connectivity index (χ2v) is 4.68. The number of nitrogens with one attached hydrogen (secondary N) is 2. The van der Waals surface area contributed by atoms with Gasteiger partial charge in [0.1, 0.15) is 0 Å². The van der Waals surface area contributed by atoms with Crippen LogP contribution in [-0.4, -0.2) is 28.5 Å². The first-order chi connectivity index (χ1) is 7.92. The predicted molar refractivity (Wildman–Crippen MR) is 63.5 cm³/mol. The normalized spacial score (nSPS) is 11.2. The van der Waals surface area contributed by atoms with E-state index in [1.165, 1.54) is 0 Å². The van der Waals surface area contributed by atoms with Gasteiger partial charge in [0.2, 0.25) is 5.91 Å². The van der Waals surface area contributed by atoms with Crippen molar-refractivity contribution in [3.8, 4) is 0 Å². The van der Waals surface area contributed by atoms with E-state index >= 15 is 0 Å². The monoisotopic (exact) mass is 238 g/mol. The minimum Gasteiger partial charge on any atom is -0.481 e. The van der Waals surface area contributed by atoms with E-state index in [0.717, 1.165) is 12.0 Å². The van der Waals surface area contributed by atoms with E-state index in [1.807, 2.05) is 18.5 Å². The Morgan fingerprint density at radius 2 is 2.18 bits per heavy atom. The lowest BCUT2D eigenvalue weighted by Gasteiger charge is -2.21. The Morgan fingerprint density at radius 3 is 2.71 bits per heavy atom. The summed E-state index contributed by atoms with van der Waals surface area (Å²) in [5, 5.41) is 11.4. The summed E-state index contributed by atoms with van der Waals surface area (Å²) in [4.78, 5) is 25.3. The van der Waals surface area contributed by atoms with Crippen molar-refractivity contribution >= 4 is 11.9 Å². The van der Waals surface area contributed by atoms with Crippen LogP contribution < -0.4 is 5.32 Å². The fraction of sp³-hybridized carbons (Fsp3) is 0.500. The van der Waals surface area contributed by atoms with Crippen molar-refractivity contribution in [2.75, 3.05) is 6.54 Å². The molecule has 0 radical (unpaired) electrons. The van der Waals surface area contributed by atoms with Crippen molar-refractivity contribution in [1.82, 2.24) is 10.3 Å². The largest absolute Gasteiger partial charge is 0.481 e. The van der Waals surface area contributed by atoms with Gasteiger partial charge < -0.3 is 15.4 Å². The van der Waals surface area contributed by atoms with Gasteiger partial charge in [-0.05, 0) is 18.1 Å². The molecule has 0 aliphatic heterocycles. The van der Waals surface area contributed by atoms with Gasteiger partial charge in [-0.2, -0.15) is 0 Å². The molecule has 5 heteroatoms. The zero-order valence-electron chi connectivity index (χ0n) is 10.1. The third-order valence-corrected chi connectivity index (χ3v) is 2.57. The number of hydrogen-bond donors (Lipinski definition) is 3. The van der Waals surface area contributed by atoms with Crippen LogP contribution in [0.4, 0.5) is 0 Å². The first kappa shape index (κ1) is 13.3. The summed E-state index contributed by atoms with van der Waals surface area (Å²) in [7, 11) is 0. The Hall–Kier alpha value is -1.78. The van der Waals surface area contributed by atoms with E-state index < -0.39 is 11.4 Å². The number of amides is 1. The second kappa shape index (κ2) is 5.52. The smallest absolute Gasteiger partial charge is 0.304 e. The molecule has 3 N–H and O–H groups in total. The maximum Gasteiger partial charge on any atom is 0.304 e. The number of carboxylic acids is 1. The molecule has 5 nitrogen and oxygen atoms in total. The Morgan fingerprint density at radius 1 is 1.47 bits per heavy atom. The maximum absolute atomic E-state index is 11.7. The summed E-state index contributed by atoms with van der Waals surface area (Å²) in [6.07, 6.45) is 4.27. The third kappa shape index (κ3) is 4.30. The average molecular weight is 238 g/mol. The molecule has 94 valence electrons. The van der Waals surface area contributed by atoms with Crippen LogP contribution in [-0.2, 0) is 16.0 Å². The van der Waals surface area contributed by atoms with Crippen molar-refractivity contribution < 1.29 is 14.7 Å². The molecule has 1 aromatic rings. The number of hydrogen-bond acceptors (Lipinski definition) is 2. The van der Waals surface area contributed by atoms with E-state index in [1.54, 1.807) is 13.8 Å². The van der Waals surface area contributed by atoms with E-state index in [9.17, 15) is 9.59 Å². The van der Waals surface area contributed by atoms with Crippen LogP contribution >= 0.6 is 0 Å². The van der Waals surface area contributed by atoms with Gasteiger partial charge in [-0.15, -0.1) is 0 Å². The van der Waals surface area contributed by atoms with Gasteiger partial charge in [0.15, 0.2) is 0 Å². The van der Waals surface area contributed by atoms with E-state index in [0.29, 0.717) is 6.54 Å². The number of carbonyl (C=O) groups is 2. The average Bonchev–Trinajstić information content (AvgIpc) is 2.68. The van der Waals surface area contributed by atoms with E-state index in [4.69, 9.17) is 5.11 Å². The second-order valence-electron chi connectivity index (χ2n) is 4.68. The maximum atomic E-state index is 11.7. The van der Waals surface area contributed by atoms with Crippen LogP contribution in [0, 0.1) is 5.41 Å². The van der Waals surface area contributed by atoms with Gasteiger partial charge in [-0.25, -0.2) is 0 Å². The van der Waals surface area contributed by atoms with Gasteiger partial charge in [-0.3, -0.25) is 9.59 Å². The molecule has 0 saturated heterocycles. The number of H-pyrrole nitrogens is 1. The molecule has 0 aliphatic rings. The standard InChI is InChI=1S/C12H18N2O3/c1-12(2,7-10(15)16)11(17)14-6-4-9-3-5-13-8-9/h3,5,8,13H,4,6-7H2,1-2H3,(H,14,17)(H,15,16). The van der Waals surface area contributed by atoms with Crippen molar-refractivity contribution in [2.45, 2.75) is 26.7 Å². The number of carbonyl (C=O) groups excluding carboxylic acids is 1. The molecule has 0 aromatic carbocycles. The summed E-state index contributed by atoms with van der Waals surface area (Å²) in [5.74, 6) is -1.19. The molecule has 1 aromatic heterocycles. The summed E-state index contributed by atoms with van der Waals surface area (Å²) in [6, 6.07) is 1.94. The number of rotatable bonds is 6. The van der Waals surface area contributed by atoms with Gasteiger partial charge >= 0.3 is 5.97 Å². The number of aromatic amines is 1. The molecule has 17 heavy (non-hydrogen) atoms. The van der Waals surface area contributed by atoms with Crippen molar-refractivity contribution in [2.24, 2.45) is 5.41 Å². The zero-order chi connectivity index (χ0) is 12.9. The molecule has 0 spiro atoms. The first-order valence-corrected chi connectivity index (χ1v) is 5.53. The van der Waals surface area contributed by atoms with Crippen LogP contribution in [0.25, 0.3) is 0 Å². The Labute approximate surface area is 100 Å². The molecule has 1 rings (SSSR count). The van der Waals surface area contributed by atoms with E-state index in [-0.39, 0.29) is 12.3 Å². The first-order valence-electron chi connectivity index (χ1n) is 5.53. The predicted octanol–water partition coefficient (Wildman–Crippen LogP) is 1.17. The topological polar surface area (TPSA) is 82.2 Å². The molecular weight excluding hydrogens is 220 g/mol. The number of aliphatic carboxylic acids is 1. The van der Waals surface area contributed by atoms with Crippen LogP contribution in [0.2, 0.25) is 0 Å². The number of aromatic nitrogens is 1. The molecule has 0 bridgehead atoms. The highest BCUT2D eigenvalue weighted by molar-refractivity contribution is 5.86. The molecule has 0 atom stereocenters. The fourth-order valence-corrected chi connectivity index (χ4v) is 1.53. The highest BCUT2D eigenvalue weighted by Crippen LogP contribution is 2.20. The van der Waals surface area contributed by atoms with Crippen molar-refractivity contribution in [3.63, 3.8) is 0 Å². The summed E-state index contributed by atoms with van der Waals surface area (Å²) >= 11 is 0. The van der Waals surface area contributed by atoms with Gasteiger partial charge in [-0.1, -0.05) is 13.8 Å². The van der Waals surface area contributed by atoms with E-state index in [2.05, 4.69) is 10.3 Å². The molecule has 1 heterocycles. The molecular formula is C12H18N2O3. The summed E-state index contributed by atoms with van der Waals surface area (Å²) in [5.41, 5.74) is 0.241. The Bertz CT molecular complexity index is 382. The van der Waals surface area contributed by atoms with Gasteiger partial charge in [0, 0.05) is 18.9 Å². The SMILES string of the molecule is CC(C)(CC(=O)O)C(=O)NCCc1cc[nH]c1. The molecule has 0 unspecified atom stereocenters. The van der Waals surface area contributed by atoms with Gasteiger partial charge in [0.05, 0.1) is 11.8 Å². The van der Waals surface area contributed by atoms with Gasteiger partial charge in [0.25, 0.3) is 0 Å². The van der Waals surface area contributed by atoms with Crippen molar-refractivity contribution in [1.29, 1.82) is 0 Å². The minimum absolute atomic E-state index is 0.164. The highest BCUT2D eigenvalue weighted by atomic mass is 16.4. The third-order valence-electron chi connectivity index (χ3n) is 2.57. The number of carboxylic acid groups (broad SMARTS) is 1. The Balaban J connectivity index is 2.36. The van der Waals surface area contributed by atoms with Crippen LogP contribution in [0.15, 0.2) is 18.5 Å². The quantitative estimate of drug-likeness (QED) is 0.695. The lowest BCUT2D eigenvalue weighted by atomic mass is 9.88. The molecule has 1 amide bonds. The fourth-order valence-electron chi connectivity index (χ4n) is 1.53.